The number of unbranched alkanes of at least 4 members (excludes halogenated alkanes) is 2. The van der Waals surface area contributed by atoms with Crippen LogP contribution in [0.1, 0.15) is 45.1 Å². The highest BCUT2D eigenvalue weighted by molar-refractivity contribution is 6.66. The first-order chi connectivity index (χ1) is 9.70. The lowest BCUT2D eigenvalue weighted by Gasteiger charge is -2.27. The highest BCUT2D eigenvalue weighted by Gasteiger charge is 2.30. The number of hydrogen-bond acceptors (Lipinski definition) is 2. The molecule has 2 nitrogen and oxygen atoms in total. The van der Waals surface area contributed by atoms with E-state index >= 15 is 0 Å². The number of aryl methyl sites for hydroxylation is 1. The van der Waals surface area contributed by atoms with Gasteiger partial charge in [-0.15, -0.1) is 0 Å². The summed E-state index contributed by atoms with van der Waals surface area (Å²) in [7, 11) is -2.01. The molecule has 114 valence electrons. The van der Waals surface area contributed by atoms with E-state index in [1.807, 2.05) is 0 Å². The fraction of sp³-hybridized carbons (Fsp3) is 0.647. The smallest absolute Gasteiger partial charge is 0.335 e. The molecule has 0 radical (unpaired) electrons. The van der Waals surface area contributed by atoms with Gasteiger partial charge < -0.3 is 8.85 Å². The molecule has 0 bridgehead atoms. The van der Waals surface area contributed by atoms with Gasteiger partial charge in [-0.25, -0.2) is 0 Å². The normalized spacial score (nSPS) is 11.8. The third-order valence-electron chi connectivity index (χ3n) is 3.52. The molecule has 1 rings (SSSR count). The Morgan fingerprint density at radius 3 is 1.95 bits per heavy atom. The summed E-state index contributed by atoms with van der Waals surface area (Å²) in [6, 6.07) is 11.7. The van der Waals surface area contributed by atoms with Crippen molar-refractivity contribution in [3.63, 3.8) is 0 Å². The molecule has 0 saturated heterocycles. The van der Waals surface area contributed by atoms with Crippen LogP contribution in [0.4, 0.5) is 0 Å². The third-order valence-corrected chi connectivity index (χ3v) is 6.31. The van der Waals surface area contributed by atoms with Crippen LogP contribution in [-0.2, 0) is 15.3 Å². The van der Waals surface area contributed by atoms with Crippen molar-refractivity contribution in [3.05, 3.63) is 35.9 Å². The van der Waals surface area contributed by atoms with Crippen LogP contribution in [0.3, 0.4) is 0 Å². The molecule has 3 heteroatoms. The lowest BCUT2D eigenvalue weighted by atomic mass is 10.2. The van der Waals surface area contributed by atoms with E-state index in [0.717, 1.165) is 38.5 Å². The minimum Gasteiger partial charge on any atom is -0.394 e. The fourth-order valence-corrected chi connectivity index (χ4v) is 4.33. The summed E-state index contributed by atoms with van der Waals surface area (Å²) >= 11 is 0. The SMILES string of the molecule is CCCCO[Si](C)(CCc1ccccc1)OCCCC. The molecule has 0 saturated carbocycles. The second-order valence-electron chi connectivity index (χ2n) is 5.52. The van der Waals surface area contributed by atoms with Gasteiger partial charge in [0.25, 0.3) is 0 Å². The van der Waals surface area contributed by atoms with Crippen molar-refractivity contribution >= 4 is 8.56 Å². The molecule has 0 spiro atoms. The van der Waals surface area contributed by atoms with E-state index in [1.165, 1.54) is 18.4 Å². The van der Waals surface area contributed by atoms with E-state index in [0.29, 0.717) is 0 Å². The van der Waals surface area contributed by atoms with Crippen LogP contribution < -0.4 is 0 Å². The molecule has 1 aromatic carbocycles. The summed E-state index contributed by atoms with van der Waals surface area (Å²) in [5.74, 6) is 0. The van der Waals surface area contributed by atoms with Crippen LogP contribution in [0.5, 0.6) is 0 Å². The molecule has 20 heavy (non-hydrogen) atoms. The highest BCUT2D eigenvalue weighted by atomic mass is 28.4. The molecular weight excluding hydrogens is 264 g/mol. The predicted molar refractivity (Wildman–Crippen MR) is 88.3 cm³/mol. The Labute approximate surface area is 125 Å². The standard InChI is InChI=1S/C17H30O2Si/c1-4-6-14-18-20(3,19-15-7-5-2)16-13-17-11-9-8-10-12-17/h8-12H,4-7,13-16H2,1-3H3. The van der Waals surface area contributed by atoms with Gasteiger partial charge in [-0.1, -0.05) is 57.0 Å². The van der Waals surface area contributed by atoms with Crippen LogP contribution in [0.2, 0.25) is 12.6 Å². The lowest BCUT2D eigenvalue weighted by molar-refractivity contribution is 0.168. The van der Waals surface area contributed by atoms with Crippen LogP contribution in [0.25, 0.3) is 0 Å². The summed E-state index contributed by atoms with van der Waals surface area (Å²) in [5.41, 5.74) is 1.38. The number of rotatable bonds is 11. The van der Waals surface area contributed by atoms with Crippen molar-refractivity contribution in [3.8, 4) is 0 Å². The predicted octanol–water partition coefficient (Wildman–Crippen LogP) is 4.93. The van der Waals surface area contributed by atoms with Gasteiger partial charge in [0, 0.05) is 13.2 Å². The third kappa shape index (κ3) is 7.22. The first kappa shape index (κ1) is 17.4. The average Bonchev–Trinajstić information content (AvgIpc) is 2.47. The van der Waals surface area contributed by atoms with Crippen molar-refractivity contribution in [2.24, 2.45) is 0 Å². The van der Waals surface area contributed by atoms with Crippen LogP contribution in [0, 0.1) is 0 Å². The summed E-state index contributed by atoms with van der Waals surface area (Å²) in [4.78, 5) is 0. The van der Waals surface area contributed by atoms with E-state index in [1.54, 1.807) is 0 Å². The van der Waals surface area contributed by atoms with Gasteiger partial charge in [0.2, 0.25) is 0 Å². The molecule has 0 N–H and O–H groups in total. The molecule has 0 atom stereocenters. The quantitative estimate of drug-likeness (QED) is 0.425. The van der Waals surface area contributed by atoms with Gasteiger partial charge in [-0.3, -0.25) is 0 Å². The minimum absolute atomic E-state index is 0.847. The van der Waals surface area contributed by atoms with Gasteiger partial charge >= 0.3 is 8.56 Å². The maximum absolute atomic E-state index is 6.15. The Morgan fingerprint density at radius 2 is 1.45 bits per heavy atom. The summed E-state index contributed by atoms with van der Waals surface area (Å²) in [6.45, 7) is 8.32. The van der Waals surface area contributed by atoms with Crippen LogP contribution >= 0.6 is 0 Å². The molecule has 1 aromatic rings. The molecule has 0 aromatic heterocycles. The number of benzene rings is 1. The Hall–Kier alpha value is -0.643. The highest BCUT2D eigenvalue weighted by Crippen LogP contribution is 2.18. The minimum atomic E-state index is -2.01. The molecule has 0 heterocycles. The van der Waals surface area contributed by atoms with Crippen molar-refractivity contribution in [1.82, 2.24) is 0 Å². The average molecular weight is 295 g/mol. The molecule has 0 fully saturated rings. The second kappa shape index (κ2) is 10.1. The van der Waals surface area contributed by atoms with E-state index in [2.05, 4.69) is 50.7 Å². The van der Waals surface area contributed by atoms with Gasteiger partial charge in [0.05, 0.1) is 0 Å². The Bertz CT molecular complexity index is 330. The van der Waals surface area contributed by atoms with Crippen molar-refractivity contribution < 1.29 is 8.85 Å². The zero-order valence-electron chi connectivity index (χ0n) is 13.4. The van der Waals surface area contributed by atoms with Gasteiger partial charge in [0.1, 0.15) is 0 Å². The van der Waals surface area contributed by atoms with Gasteiger partial charge in [-0.2, -0.15) is 0 Å². The first-order valence-electron chi connectivity index (χ1n) is 8.02. The molecule has 0 aliphatic heterocycles. The lowest BCUT2D eigenvalue weighted by Crippen LogP contribution is -2.39. The van der Waals surface area contributed by atoms with Crippen LogP contribution in [0.15, 0.2) is 30.3 Å². The van der Waals surface area contributed by atoms with E-state index in [9.17, 15) is 0 Å². The Kier molecular flexibility index (Phi) is 8.82. The van der Waals surface area contributed by atoms with E-state index < -0.39 is 8.56 Å². The van der Waals surface area contributed by atoms with E-state index in [-0.39, 0.29) is 0 Å². The maximum atomic E-state index is 6.15. The number of hydrogen-bond donors (Lipinski definition) is 0. The monoisotopic (exact) mass is 294 g/mol. The van der Waals surface area contributed by atoms with Crippen molar-refractivity contribution in [2.45, 2.75) is 58.5 Å². The van der Waals surface area contributed by atoms with Gasteiger partial charge in [0.15, 0.2) is 0 Å². The summed E-state index contributed by atoms with van der Waals surface area (Å²) in [5, 5.41) is 0. The maximum Gasteiger partial charge on any atom is 0.335 e. The molecule has 0 aliphatic carbocycles. The summed E-state index contributed by atoms with van der Waals surface area (Å²) in [6.07, 6.45) is 5.67. The topological polar surface area (TPSA) is 18.5 Å². The zero-order valence-corrected chi connectivity index (χ0v) is 14.4. The van der Waals surface area contributed by atoms with Gasteiger partial charge in [-0.05, 0) is 37.4 Å². The summed E-state index contributed by atoms with van der Waals surface area (Å²) < 4.78 is 12.3. The van der Waals surface area contributed by atoms with Crippen molar-refractivity contribution in [1.29, 1.82) is 0 Å². The zero-order chi connectivity index (χ0) is 14.7. The Balaban J connectivity index is 2.47. The van der Waals surface area contributed by atoms with Crippen LogP contribution in [-0.4, -0.2) is 21.8 Å². The molecule has 0 amide bonds. The first-order valence-corrected chi connectivity index (χ1v) is 10.5. The largest absolute Gasteiger partial charge is 0.394 e. The fourth-order valence-electron chi connectivity index (χ4n) is 2.07. The van der Waals surface area contributed by atoms with Crippen molar-refractivity contribution in [2.75, 3.05) is 13.2 Å². The molecule has 0 unspecified atom stereocenters. The van der Waals surface area contributed by atoms with E-state index in [4.69, 9.17) is 8.85 Å². The Morgan fingerprint density at radius 1 is 0.900 bits per heavy atom. The molecular formula is C17H30O2Si. The second-order valence-corrected chi connectivity index (χ2v) is 8.87. The molecule has 0 aliphatic rings.